The van der Waals surface area contributed by atoms with Gasteiger partial charge in [0.2, 0.25) is 0 Å². The first-order chi connectivity index (χ1) is 10.2. The van der Waals surface area contributed by atoms with Crippen LogP contribution >= 0.6 is 23.2 Å². The van der Waals surface area contributed by atoms with E-state index in [0.29, 0.717) is 22.4 Å². The number of para-hydroxylation sites is 1. The zero-order valence-electron chi connectivity index (χ0n) is 12.0. The second-order valence-corrected chi connectivity index (χ2v) is 6.41. The minimum Gasteiger partial charge on any atom is -0.489 e. The summed E-state index contributed by atoms with van der Waals surface area (Å²) in [6.45, 7) is 8.39. The highest BCUT2D eigenvalue weighted by Crippen LogP contribution is 2.32. The predicted molar refractivity (Wildman–Crippen MR) is 86.6 cm³/mol. The maximum Gasteiger partial charge on any atom is 0.156 e. The molecular weight excluding hydrogens is 309 g/mol. The van der Waals surface area contributed by atoms with Crippen molar-refractivity contribution in [3.05, 3.63) is 28.2 Å². The average Bonchev–Trinajstić information content (AvgIpc) is 2.45. The molecule has 0 spiro atoms. The third-order valence-electron chi connectivity index (χ3n) is 4.18. The smallest absolute Gasteiger partial charge is 0.156 e. The highest BCUT2D eigenvalue weighted by Gasteiger charge is 2.31. The van der Waals surface area contributed by atoms with Crippen molar-refractivity contribution in [2.75, 3.05) is 52.4 Å². The molecule has 0 bridgehead atoms. The van der Waals surface area contributed by atoms with E-state index in [4.69, 9.17) is 27.9 Å². The number of hydrogen-bond donors (Lipinski definition) is 1. The number of nitrogens with zero attached hydrogens (tertiary/aromatic N) is 2. The van der Waals surface area contributed by atoms with Gasteiger partial charge in [0.15, 0.2) is 5.75 Å². The number of nitrogens with one attached hydrogen (secondary N) is 1. The fourth-order valence-corrected chi connectivity index (χ4v) is 3.41. The molecule has 0 unspecified atom stereocenters. The second-order valence-electron chi connectivity index (χ2n) is 5.60. The van der Waals surface area contributed by atoms with Crippen LogP contribution in [0, 0.1) is 0 Å². The molecule has 6 heteroatoms. The molecule has 3 rings (SSSR count). The Bertz CT molecular complexity index is 454. The fourth-order valence-electron chi connectivity index (χ4n) is 2.90. The van der Waals surface area contributed by atoms with Gasteiger partial charge in [0.25, 0.3) is 0 Å². The number of piperazine rings is 1. The maximum absolute atomic E-state index is 6.08. The first-order valence-corrected chi connectivity index (χ1v) is 8.23. The SMILES string of the molecule is Clc1cccc(Cl)c1OCCN1CC(N2CCNCC2)C1. The van der Waals surface area contributed by atoms with Crippen LogP contribution in [0.5, 0.6) is 5.75 Å². The largest absolute Gasteiger partial charge is 0.489 e. The van der Waals surface area contributed by atoms with Gasteiger partial charge in [-0.3, -0.25) is 9.80 Å². The topological polar surface area (TPSA) is 27.7 Å². The summed E-state index contributed by atoms with van der Waals surface area (Å²) >= 11 is 12.2. The van der Waals surface area contributed by atoms with Crippen LogP contribution in [0.25, 0.3) is 0 Å². The van der Waals surface area contributed by atoms with Crippen molar-refractivity contribution in [3.8, 4) is 5.75 Å². The quantitative estimate of drug-likeness (QED) is 0.893. The van der Waals surface area contributed by atoms with Crippen molar-refractivity contribution < 1.29 is 4.74 Å². The van der Waals surface area contributed by atoms with Gasteiger partial charge < -0.3 is 10.1 Å². The number of rotatable bonds is 5. The van der Waals surface area contributed by atoms with Gasteiger partial charge in [-0.15, -0.1) is 0 Å². The number of likely N-dealkylation sites (tertiary alicyclic amines) is 1. The highest BCUT2D eigenvalue weighted by molar-refractivity contribution is 6.37. The van der Waals surface area contributed by atoms with Crippen LogP contribution in [0.3, 0.4) is 0 Å². The van der Waals surface area contributed by atoms with Crippen LogP contribution in [0.2, 0.25) is 10.0 Å². The van der Waals surface area contributed by atoms with Gasteiger partial charge >= 0.3 is 0 Å². The Morgan fingerprint density at radius 2 is 1.81 bits per heavy atom. The van der Waals surface area contributed by atoms with Gasteiger partial charge in [-0.2, -0.15) is 0 Å². The lowest BCUT2D eigenvalue weighted by atomic mass is 10.1. The lowest BCUT2D eigenvalue weighted by molar-refractivity contribution is 0.0202. The summed E-state index contributed by atoms with van der Waals surface area (Å²) in [7, 11) is 0. The Morgan fingerprint density at radius 1 is 1.14 bits per heavy atom. The Balaban J connectivity index is 1.38. The number of ether oxygens (including phenoxy) is 1. The van der Waals surface area contributed by atoms with Crippen LogP contribution in [0.4, 0.5) is 0 Å². The molecule has 2 heterocycles. The van der Waals surface area contributed by atoms with Crippen molar-refractivity contribution in [1.29, 1.82) is 0 Å². The number of halogens is 2. The number of benzene rings is 1. The van der Waals surface area contributed by atoms with Crippen LogP contribution in [-0.2, 0) is 0 Å². The molecule has 0 radical (unpaired) electrons. The van der Waals surface area contributed by atoms with Gasteiger partial charge in [-0.05, 0) is 12.1 Å². The van der Waals surface area contributed by atoms with Gasteiger partial charge in [0.1, 0.15) is 6.61 Å². The van der Waals surface area contributed by atoms with E-state index in [2.05, 4.69) is 15.1 Å². The molecule has 0 aromatic heterocycles. The Kier molecular flexibility index (Phi) is 5.24. The summed E-state index contributed by atoms with van der Waals surface area (Å²) in [4.78, 5) is 5.00. The Labute approximate surface area is 135 Å². The molecule has 0 amide bonds. The zero-order valence-corrected chi connectivity index (χ0v) is 13.5. The number of hydrogen-bond acceptors (Lipinski definition) is 4. The summed E-state index contributed by atoms with van der Waals surface area (Å²) in [6, 6.07) is 6.14. The third-order valence-corrected chi connectivity index (χ3v) is 4.77. The molecule has 116 valence electrons. The van der Waals surface area contributed by atoms with E-state index in [-0.39, 0.29) is 0 Å². The lowest BCUT2D eigenvalue weighted by Crippen LogP contribution is -2.63. The Hall–Kier alpha value is -0.520. The van der Waals surface area contributed by atoms with E-state index in [1.165, 1.54) is 13.1 Å². The first-order valence-electron chi connectivity index (χ1n) is 7.48. The van der Waals surface area contributed by atoms with Crippen molar-refractivity contribution in [2.45, 2.75) is 6.04 Å². The van der Waals surface area contributed by atoms with Crippen molar-refractivity contribution >= 4 is 23.2 Å². The predicted octanol–water partition coefficient (Wildman–Crippen LogP) is 1.96. The summed E-state index contributed by atoms with van der Waals surface area (Å²) in [5.41, 5.74) is 0. The monoisotopic (exact) mass is 329 g/mol. The minimum atomic E-state index is 0.574. The van der Waals surface area contributed by atoms with E-state index >= 15 is 0 Å². The van der Waals surface area contributed by atoms with Crippen molar-refractivity contribution in [1.82, 2.24) is 15.1 Å². The highest BCUT2D eigenvalue weighted by atomic mass is 35.5. The van der Waals surface area contributed by atoms with E-state index in [1.54, 1.807) is 12.1 Å². The van der Waals surface area contributed by atoms with E-state index < -0.39 is 0 Å². The molecule has 2 saturated heterocycles. The molecule has 1 aromatic rings. The molecule has 21 heavy (non-hydrogen) atoms. The molecule has 2 fully saturated rings. The zero-order chi connectivity index (χ0) is 14.7. The summed E-state index contributed by atoms with van der Waals surface area (Å²) in [5, 5.41) is 4.54. The summed E-state index contributed by atoms with van der Waals surface area (Å²) in [6.07, 6.45) is 0. The molecular formula is C15H21Cl2N3O. The van der Waals surface area contributed by atoms with Gasteiger partial charge in [-0.25, -0.2) is 0 Å². The molecule has 0 atom stereocenters. The van der Waals surface area contributed by atoms with Gasteiger partial charge in [-0.1, -0.05) is 29.3 Å². The van der Waals surface area contributed by atoms with E-state index in [9.17, 15) is 0 Å². The first kappa shape index (κ1) is 15.4. The van der Waals surface area contributed by atoms with Crippen molar-refractivity contribution in [2.24, 2.45) is 0 Å². The van der Waals surface area contributed by atoms with Crippen LogP contribution in [0.15, 0.2) is 18.2 Å². The molecule has 0 saturated carbocycles. The summed E-state index contributed by atoms with van der Waals surface area (Å²) < 4.78 is 5.73. The van der Waals surface area contributed by atoms with E-state index in [0.717, 1.165) is 38.8 Å². The molecule has 1 N–H and O–H groups in total. The lowest BCUT2D eigenvalue weighted by Gasteiger charge is -2.46. The van der Waals surface area contributed by atoms with Gasteiger partial charge in [0.05, 0.1) is 10.0 Å². The van der Waals surface area contributed by atoms with Crippen LogP contribution in [-0.4, -0.2) is 68.3 Å². The molecule has 0 aliphatic carbocycles. The Morgan fingerprint density at radius 3 is 2.48 bits per heavy atom. The molecule has 2 aliphatic rings. The molecule has 2 aliphatic heterocycles. The third kappa shape index (κ3) is 3.82. The molecule has 4 nitrogen and oxygen atoms in total. The fraction of sp³-hybridized carbons (Fsp3) is 0.600. The normalized spacial score (nSPS) is 21.2. The van der Waals surface area contributed by atoms with Crippen LogP contribution < -0.4 is 10.1 Å². The second kappa shape index (κ2) is 7.16. The maximum atomic E-state index is 6.08. The van der Waals surface area contributed by atoms with Crippen LogP contribution in [0.1, 0.15) is 0 Å². The molecule has 1 aromatic carbocycles. The van der Waals surface area contributed by atoms with Gasteiger partial charge in [0, 0.05) is 51.9 Å². The summed E-state index contributed by atoms with van der Waals surface area (Å²) in [5.74, 6) is 0.597. The minimum absolute atomic E-state index is 0.574. The standard InChI is InChI=1S/C15H21Cl2N3O/c16-13-2-1-3-14(17)15(13)21-9-8-19-10-12(11-19)20-6-4-18-5-7-20/h1-3,12,18H,4-11H2. The average molecular weight is 330 g/mol. The van der Waals surface area contributed by atoms with E-state index in [1.807, 2.05) is 6.07 Å². The van der Waals surface area contributed by atoms with Crippen molar-refractivity contribution in [3.63, 3.8) is 0 Å².